The molecule has 25 heavy (non-hydrogen) atoms. The van der Waals surface area contributed by atoms with Gasteiger partial charge in [0, 0.05) is 35.5 Å². The average Bonchev–Trinajstić information content (AvgIpc) is 2.58. The summed E-state index contributed by atoms with van der Waals surface area (Å²) in [6.45, 7) is 4.82. The Balaban J connectivity index is 1.81. The number of benzene rings is 2. The van der Waals surface area contributed by atoms with E-state index < -0.39 is 0 Å². The zero-order chi connectivity index (χ0) is 17.8. The maximum atomic E-state index is 4.67. The van der Waals surface area contributed by atoms with Gasteiger partial charge in [-0.25, -0.2) is 4.98 Å². The first-order valence-corrected chi connectivity index (χ1v) is 8.94. The Morgan fingerprint density at radius 3 is 2.48 bits per heavy atom. The fourth-order valence-corrected chi connectivity index (χ4v) is 2.91. The molecule has 128 valence electrons. The predicted molar refractivity (Wildman–Crippen MR) is 107 cm³/mol. The highest BCUT2D eigenvalue weighted by Gasteiger charge is 2.09. The van der Waals surface area contributed by atoms with Gasteiger partial charge < -0.3 is 10.2 Å². The molecule has 0 saturated heterocycles. The van der Waals surface area contributed by atoms with E-state index in [1.54, 1.807) is 0 Å². The van der Waals surface area contributed by atoms with Gasteiger partial charge in [0.25, 0.3) is 0 Å². The smallest absolute Gasteiger partial charge is 0.227 e. The topological polar surface area (TPSA) is 41.1 Å². The Morgan fingerprint density at radius 2 is 1.76 bits per heavy atom. The predicted octanol–water partition coefficient (Wildman–Crippen LogP) is 5.24. The normalized spacial score (nSPS) is 10.6. The van der Waals surface area contributed by atoms with Crippen molar-refractivity contribution in [3.63, 3.8) is 0 Å². The molecule has 1 N–H and O–H groups in total. The molecule has 0 amide bonds. The molecule has 2 aromatic carbocycles. The number of hydrogen-bond acceptors (Lipinski definition) is 4. The molecular formula is C20H21BrN4. The van der Waals surface area contributed by atoms with Gasteiger partial charge in [0.1, 0.15) is 5.82 Å². The van der Waals surface area contributed by atoms with Gasteiger partial charge in [-0.05, 0) is 37.1 Å². The van der Waals surface area contributed by atoms with E-state index in [1.165, 1.54) is 11.1 Å². The van der Waals surface area contributed by atoms with Crippen molar-refractivity contribution in [2.24, 2.45) is 0 Å². The first kappa shape index (κ1) is 17.4. The third kappa shape index (κ3) is 4.57. The van der Waals surface area contributed by atoms with Crippen LogP contribution in [0.1, 0.15) is 16.8 Å². The highest BCUT2D eigenvalue weighted by atomic mass is 79.9. The number of nitrogens with one attached hydrogen (secondary N) is 1. The van der Waals surface area contributed by atoms with Gasteiger partial charge in [-0.2, -0.15) is 4.98 Å². The van der Waals surface area contributed by atoms with Gasteiger partial charge in [-0.3, -0.25) is 0 Å². The van der Waals surface area contributed by atoms with E-state index in [-0.39, 0.29) is 0 Å². The van der Waals surface area contributed by atoms with Gasteiger partial charge in [-0.15, -0.1) is 0 Å². The van der Waals surface area contributed by atoms with Crippen molar-refractivity contribution >= 4 is 33.4 Å². The molecule has 0 saturated carbocycles. The minimum Gasteiger partial charge on any atom is -0.340 e. The second kappa shape index (κ2) is 7.66. The molecule has 3 rings (SSSR count). The summed E-state index contributed by atoms with van der Waals surface area (Å²) < 4.78 is 1.07. The van der Waals surface area contributed by atoms with Crippen LogP contribution < -0.4 is 10.2 Å². The van der Waals surface area contributed by atoms with E-state index in [2.05, 4.69) is 67.3 Å². The summed E-state index contributed by atoms with van der Waals surface area (Å²) in [4.78, 5) is 11.3. The number of aryl methyl sites for hydroxylation is 2. The molecule has 0 fully saturated rings. The lowest BCUT2D eigenvalue weighted by Gasteiger charge is -2.19. The number of aromatic nitrogens is 2. The van der Waals surface area contributed by atoms with Crippen LogP contribution in [0.5, 0.6) is 0 Å². The second-order valence-electron chi connectivity index (χ2n) is 6.13. The maximum absolute atomic E-state index is 4.67. The number of halogens is 1. The fourth-order valence-electron chi connectivity index (χ4n) is 2.53. The Bertz CT molecular complexity index is 865. The molecule has 0 unspecified atom stereocenters. The summed E-state index contributed by atoms with van der Waals surface area (Å²) in [5.41, 5.74) is 4.35. The SMILES string of the molecule is Cc1cc(Nc2ccc(C)c(Br)c2)nc(N(C)Cc2ccccc2)n1. The van der Waals surface area contributed by atoms with Crippen molar-refractivity contribution in [1.29, 1.82) is 0 Å². The summed E-state index contributed by atoms with van der Waals surface area (Å²) in [5.74, 6) is 1.50. The van der Waals surface area contributed by atoms with Crippen LogP contribution in [0.3, 0.4) is 0 Å². The molecule has 3 aromatic rings. The van der Waals surface area contributed by atoms with Gasteiger partial charge in [0.05, 0.1) is 0 Å². The zero-order valence-corrected chi connectivity index (χ0v) is 16.2. The van der Waals surface area contributed by atoms with Crippen LogP contribution in [-0.2, 0) is 6.54 Å². The van der Waals surface area contributed by atoms with Crippen molar-refractivity contribution in [3.8, 4) is 0 Å². The molecule has 0 aliphatic heterocycles. The van der Waals surface area contributed by atoms with Crippen LogP contribution >= 0.6 is 15.9 Å². The van der Waals surface area contributed by atoms with E-state index in [0.717, 1.165) is 28.2 Å². The van der Waals surface area contributed by atoms with E-state index >= 15 is 0 Å². The number of nitrogens with zero attached hydrogens (tertiary/aromatic N) is 3. The van der Waals surface area contributed by atoms with Crippen LogP contribution in [0.4, 0.5) is 17.5 Å². The van der Waals surface area contributed by atoms with Crippen molar-refractivity contribution in [2.45, 2.75) is 20.4 Å². The minimum absolute atomic E-state index is 0.706. The minimum atomic E-state index is 0.706. The zero-order valence-electron chi connectivity index (χ0n) is 14.6. The molecule has 4 nitrogen and oxygen atoms in total. The third-order valence-corrected chi connectivity index (χ3v) is 4.74. The van der Waals surface area contributed by atoms with Crippen LogP contribution in [0, 0.1) is 13.8 Å². The molecule has 1 aromatic heterocycles. The number of rotatable bonds is 5. The molecule has 0 atom stereocenters. The standard InChI is InChI=1S/C20H21BrN4/c1-14-9-10-17(12-18(14)21)23-19-11-15(2)22-20(24-19)25(3)13-16-7-5-4-6-8-16/h4-12H,13H2,1-3H3,(H,22,23,24). The van der Waals surface area contributed by atoms with Crippen molar-refractivity contribution in [3.05, 3.63) is 75.9 Å². The lowest BCUT2D eigenvalue weighted by molar-refractivity contribution is 0.861. The molecule has 1 heterocycles. The molecular weight excluding hydrogens is 376 g/mol. The Morgan fingerprint density at radius 1 is 1.00 bits per heavy atom. The summed E-state index contributed by atoms with van der Waals surface area (Å²) >= 11 is 3.57. The highest BCUT2D eigenvalue weighted by molar-refractivity contribution is 9.10. The summed E-state index contributed by atoms with van der Waals surface area (Å²) in [7, 11) is 2.01. The van der Waals surface area contributed by atoms with E-state index in [0.29, 0.717) is 5.95 Å². The van der Waals surface area contributed by atoms with Gasteiger partial charge >= 0.3 is 0 Å². The lowest BCUT2D eigenvalue weighted by Crippen LogP contribution is -2.19. The van der Waals surface area contributed by atoms with Crippen molar-refractivity contribution < 1.29 is 0 Å². The van der Waals surface area contributed by atoms with Gasteiger partial charge in [-0.1, -0.05) is 52.3 Å². The summed E-state index contributed by atoms with van der Waals surface area (Å²) in [5, 5.41) is 3.36. The van der Waals surface area contributed by atoms with Crippen molar-refractivity contribution in [1.82, 2.24) is 9.97 Å². The summed E-state index contributed by atoms with van der Waals surface area (Å²) in [6.07, 6.45) is 0. The van der Waals surface area contributed by atoms with E-state index in [1.807, 2.05) is 44.3 Å². The highest BCUT2D eigenvalue weighted by Crippen LogP contribution is 2.24. The van der Waals surface area contributed by atoms with Gasteiger partial charge in [0.2, 0.25) is 5.95 Å². The Kier molecular flexibility index (Phi) is 5.34. The van der Waals surface area contributed by atoms with Crippen LogP contribution in [0.25, 0.3) is 0 Å². The Hall–Kier alpha value is -2.40. The molecule has 0 aliphatic carbocycles. The molecule has 0 bridgehead atoms. The molecule has 0 radical (unpaired) electrons. The van der Waals surface area contributed by atoms with Crippen LogP contribution in [0.2, 0.25) is 0 Å². The average molecular weight is 397 g/mol. The second-order valence-corrected chi connectivity index (χ2v) is 6.98. The molecule has 5 heteroatoms. The number of hydrogen-bond donors (Lipinski definition) is 1. The first-order valence-electron chi connectivity index (χ1n) is 8.15. The van der Waals surface area contributed by atoms with Crippen molar-refractivity contribution in [2.75, 3.05) is 17.3 Å². The largest absolute Gasteiger partial charge is 0.340 e. The molecule has 0 aliphatic rings. The van der Waals surface area contributed by atoms with Crippen LogP contribution in [0.15, 0.2) is 59.1 Å². The number of anilines is 3. The third-order valence-electron chi connectivity index (χ3n) is 3.89. The van der Waals surface area contributed by atoms with E-state index in [9.17, 15) is 0 Å². The quantitative estimate of drug-likeness (QED) is 0.640. The lowest BCUT2D eigenvalue weighted by atomic mass is 10.2. The van der Waals surface area contributed by atoms with Gasteiger partial charge in [0.15, 0.2) is 0 Å². The van der Waals surface area contributed by atoms with E-state index in [4.69, 9.17) is 0 Å². The first-order chi connectivity index (χ1) is 12.0. The molecule has 0 spiro atoms. The maximum Gasteiger partial charge on any atom is 0.227 e. The fraction of sp³-hybridized carbons (Fsp3) is 0.200. The Labute approximate surface area is 157 Å². The summed E-state index contributed by atoms with van der Waals surface area (Å²) in [6, 6.07) is 18.4. The van der Waals surface area contributed by atoms with Crippen LogP contribution in [-0.4, -0.2) is 17.0 Å². The monoisotopic (exact) mass is 396 g/mol.